The number of hydrogen-bond acceptors (Lipinski definition) is 5. The van der Waals surface area contributed by atoms with E-state index in [2.05, 4.69) is 10.1 Å². The fourth-order valence-corrected chi connectivity index (χ4v) is 2.16. The second kappa shape index (κ2) is 9.33. The fourth-order valence-electron chi connectivity index (χ4n) is 2.16. The van der Waals surface area contributed by atoms with E-state index in [9.17, 15) is 18.8 Å². The molecule has 27 heavy (non-hydrogen) atoms. The summed E-state index contributed by atoms with van der Waals surface area (Å²) in [7, 11) is 2.69. The predicted octanol–water partition coefficient (Wildman–Crippen LogP) is 2.09. The highest BCUT2D eigenvalue weighted by atomic mass is 19.1. The first kappa shape index (κ1) is 19.9. The van der Waals surface area contributed by atoms with E-state index in [1.807, 2.05) is 0 Å². The van der Waals surface area contributed by atoms with Gasteiger partial charge in [0.25, 0.3) is 5.91 Å². The molecule has 142 valence electrons. The summed E-state index contributed by atoms with van der Waals surface area (Å²) < 4.78 is 22.9. The lowest BCUT2D eigenvalue weighted by molar-refractivity contribution is -0.135. The molecule has 0 saturated heterocycles. The molecule has 1 N–H and O–H groups in total. The van der Waals surface area contributed by atoms with E-state index in [1.165, 1.54) is 49.4 Å². The molecule has 0 fully saturated rings. The summed E-state index contributed by atoms with van der Waals surface area (Å²) in [6.45, 7) is -0.563. The minimum absolute atomic E-state index is 0.199. The third kappa shape index (κ3) is 5.81. The summed E-state index contributed by atoms with van der Waals surface area (Å²) in [6, 6.07) is 11.6. The molecule has 0 heterocycles. The molecule has 0 aliphatic rings. The number of esters is 1. The number of amides is 2. The Morgan fingerprint density at radius 3 is 2.41 bits per heavy atom. The molecule has 2 aromatic carbocycles. The maximum Gasteiger partial charge on any atom is 0.341 e. The molecule has 2 aromatic rings. The van der Waals surface area contributed by atoms with Gasteiger partial charge in [0, 0.05) is 12.7 Å². The Balaban J connectivity index is 1.88. The average molecular weight is 374 g/mol. The number of nitrogens with one attached hydrogen (secondary N) is 1. The largest absolute Gasteiger partial charge is 0.483 e. The average Bonchev–Trinajstić information content (AvgIpc) is 2.67. The van der Waals surface area contributed by atoms with Crippen molar-refractivity contribution in [2.24, 2.45) is 0 Å². The van der Waals surface area contributed by atoms with Gasteiger partial charge in [0.1, 0.15) is 17.1 Å². The van der Waals surface area contributed by atoms with E-state index in [4.69, 9.17) is 4.74 Å². The molecule has 7 nitrogen and oxygen atoms in total. The van der Waals surface area contributed by atoms with E-state index in [1.54, 1.807) is 18.2 Å². The zero-order chi connectivity index (χ0) is 19.8. The first-order chi connectivity index (χ1) is 12.9. The van der Waals surface area contributed by atoms with Crippen molar-refractivity contribution in [3.8, 4) is 5.75 Å². The van der Waals surface area contributed by atoms with Crippen LogP contribution >= 0.6 is 0 Å². The highest BCUT2D eigenvalue weighted by Gasteiger charge is 2.17. The van der Waals surface area contributed by atoms with Crippen LogP contribution in [0.5, 0.6) is 5.75 Å². The summed E-state index contributed by atoms with van der Waals surface area (Å²) in [5, 5.41) is 2.56. The van der Waals surface area contributed by atoms with Gasteiger partial charge >= 0.3 is 5.97 Å². The van der Waals surface area contributed by atoms with Gasteiger partial charge < -0.3 is 19.7 Å². The Bertz CT molecular complexity index is 823. The van der Waals surface area contributed by atoms with Crippen LogP contribution in [0.3, 0.4) is 0 Å². The van der Waals surface area contributed by atoms with Crippen LogP contribution in [0.4, 0.5) is 10.1 Å². The molecule has 8 heteroatoms. The van der Waals surface area contributed by atoms with E-state index in [0.29, 0.717) is 5.69 Å². The Labute approximate surface area is 155 Å². The molecule has 0 radical (unpaired) electrons. The van der Waals surface area contributed by atoms with Gasteiger partial charge in [-0.25, -0.2) is 9.18 Å². The zero-order valence-corrected chi connectivity index (χ0v) is 14.9. The van der Waals surface area contributed by atoms with Gasteiger partial charge in [-0.3, -0.25) is 9.59 Å². The lowest BCUT2D eigenvalue weighted by Crippen LogP contribution is -2.37. The normalized spacial score (nSPS) is 10.0. The van der Waals surface area contributed by atoms with Gasteiger partial charge in [-0.15, -0.1) is 0 Å². The molecule has 0 aromatic heterocycles. The second-order valence-corrected chi connectivity index (χ2v) is 5.58. The third-order valence-electron chi connectivity index (χ3n) is 3.58. The van der Waals surface area contributed by atoms with E-state index < -0.39 is 23.6 Å². The van der Waals surface area contributed by atoms with Gasteiger partial charge in [0.2, 0.25) is 5.91 Å². The topological polar surface area (TPSA) is 84.9 Å². The van der Waals surface area contributed by atoms with Crippen LogP contribution in [-0.4, -0.2) is 50.0 Å². The zero-order valence-electron chi connectivity index (χ0n) is 14.9. The van der Waals surface area contributed by atoms with Crippen LogP contribution in [0.1, 0.15) is 10.4 Å². The minimum Gasteiger partial charge on any atom is -0.483 e. The van der Waals surface area contributed by atoms with Crippen LogP contribution in [0.2, 0.25) is 0 Å². The molecule has 0 saturated carbocycles. The molecule has 0 aliphatic carbocycles. The summed E-state index contributed by atoms with van der Waals surface area (Å²) in [4.78, 5) is 37.0. The number of hydrogen-bond donors (Lipinski definition) is 1. The molecule has 0 spiro atoms. The second-order valence-electron chi connectivity index (χ2n) is 5.58. The minimum atomic E-state index is -0.579. The van der Waals surface area contributed by atoms with E-state index in [0.717, 1.165) is 0 Å². The number of methoxy groups -OCH3 is 1. The lowest BCUT2D eigenvalue weighted by atomic mass is 10.2. The van der Waals surface area contributed by atoms with Crippen molar-refractivity contribution < 1.29 is 28.2 Å². The fraction of sp³-hybridized carbons (Fsp3) is 0.211. The number of anilines is 1. The summed E-state index contributed by atoms with van der Waals surface area (Å²) in [6.07, 6.45) is 0. The van der Waals surface area contributed by atoms with Gasteiger partial charge in [-0.2, -0.15) is 0 Å². The van der Waals surface area contributed by atoms with Crippen LogP contribution in [-0.2, 0) is 14.3 Å². The molecule has 0 bridgehead atoms. The van der Waals surface area contributed by atoms with Crippen molar-refractivity contribution in [2.45, 2.75) is 0 Å². The van der Waals surface area contributed by atoms with Gasteiger partial charge in [-0.1, -0.05) is 12.1 Å². The van der Waals surface area contributed by atoms with Crippen LogP contribution in [0, 0.1) is 5.82 Å². The summed E-state index contributed by atoms with van der Waals surface area (Å²) in [5.74, 6) is -1.67. The number of ether oxygens (including phenoxy) is 2. The van der Waals surface area contributed by atoms with Gasteiger partial charge in [-0.05, 0) is 36.4 Å². The number of rotatable bonds is 7. The van der Waals surface area contributed by atoms with Gasteiger partial charge in [0.15, 0.2) is 6.61 Å². The predicted molar refractivity (Wildman–Crippen MR) is 95.9 cm³/mol. The number of benzene rings is 2. The van der Waals surface area contributed by atoms with E-state index in [-0.39, 0.29) is 24.5 Å². The summed E-state index contributed by atoms with van der Waals surface area (Å²) in [5.41, 5.74) is 0.620. The number of carbonyl (C=O) groups is 3. The van der Waals surface area contributed by atoms with Crippen LogP contribution < -0.4 is 10.1 Å². The van der Waals surface area contributed by atoms with E-state index >= 15 is 0 Å². The van der Waals surface area contributed by atoms with Crippen molar-refractivity contribution in [2.75, 3.05) is 32.6 Å². The highest BCUT2D eigenvalue weighted by Crippen LogP contribution is 2.18. The molecule has 0 aliphatic heterocycles. The number of halogens is 1. The Morgan fingerprint density at radius 1 is 1.07 bits per heavy atom. The Kier molecular flexibility index (Phi) is 6.87. The number of carbonyl (C=O) groups excluding carboxylic acids is 3. The van der Waals surface area contributed by atoms with Crippen LogP contribution in [0.15, 0.2) is 48.5 Å². The molecule has 0 atom stereocenters. The molecule has 0 unspecified atom stereocenters. The molecular formula is C19H19FN2O5. The first-order valence-electron chi connectivity index (χ1n) is 8.00. The highest BCUT2D eigenvalue weighted by molar-refractivity contribution is 5.95. The standard InChI is InChI=1S/C19H19FN2O5/c1-22(11-17(23)21-14-9-7-13(20)8-10-14)18(24)12-27-16-6-4-3-5-15(16)19(25)26-2/h3-10H,11-12H2,1-2H3,(H,21,23). The van der Waals surface area contributed by atoms with Crippen molar-refractivity contribution in [3.63, 3.8) is 0 Å². The number of likely N-dealkylation sites (N-methyl/N-ethyl adjacent to an activating group) is 1. The third-order valence-corrected chi connectivity index (χ3v) is 3.58. The van der Waals surface area contributed by atoms with Gasteiger partial charge in [0.05, 0.1) is 13.7 Å². The summed E-state index contributed by atoms with van der Waals surface area (Å²) >= 11 is 0. The Hall–Kier alpha value is -3.42. The smallest absolute Gasteiger partial charge is 0.341 e. The number of nitrogens with zero attached hydrogens (tertiary/aromatic N) is 1. The quantitative estimate of drug-likeness (QED) is 0.750. The first-order valence-corrected chi connectivity index (χ1v) is 8.00. The van der Waals surface area contributed by atoms with Crippen molar-refractivity contribution in [1.29, 1.82) is 0 Å². The maximum absolute atomic E-state index is 12.9. The SMILES string of the molecule is COC(=O)c1ccccc1OCC(=O)N(C)CC(=O)Nc1ccc(F)cc1. The van der Waals surface area contributed by atoms with Crippen LogP contribution in [0.25, 0.3) is 0 Å². The number of para-hydroxylation sites is 1. The van der Waals surface area contributed by atoms with Crippen molar-refractivity contribution in [1.82, 2.24) is 4.90 Å². The monoisotopic (exact) mass is 374 g/mol. The van der Waals surface area contributed by atoms with Crippen molar-refractivity contribution >= 4 is 23.5 Å². The Morgan fingerprint density at radius 2 is 1.74 bits per heavy atom. The lowest BCUT2D eigenvalue weighted by Gasteiger charge is -2.17. The molecule has 2 rings (SSSR count). The molecule has 2 amide bonds. The molecular weight excluding hydrogens is 355 g/mol. The maximum atomic E-state index is 12.9. The van der Waals surface area contributed by atoms with Crippen molar-refractivity contribution in [3.05, 3.63) is 59.9 Å².